The average Bonchev–Trinajstić information content (AvgIpc) is 2.82. The summed E-state index contributed by atoms with van der Waals surface area (Å²) in [5.41, 5.74) is 1.63. The maximum absolute atomic E-state index is 13.6. The molecule has 1 heterocycles. The number of halogens is 2. The molecule has 3 atom stereocenters. The molecule has 0 spiro atoms. The van der Waals surface area contributed by atoms with E-state index in [0.29, 0.717) is 16.5 Å². The van der Waals surface area contributed by atoms with Crippen LogP contribution in [-0.4, -0.2) is 19.3 Å². The number of aryl methyl sites for hydroxylation is 1. The van der Waals surface area contributed by atoms with Crippen LogP contribution in [0, 0.1) is 18.7 Å². The van der Waals surface area contributed by atoms with Crippen LogP contribution in [0.4, 0.5) is 4.39 Å². The first-order valence-electron chi connectivity index (χ1n) is 7.33. The Morgan fingerprint density at radius 2 is 2.25 bits per heavy atom. The first-order chi connectivity index (χ1) is 9.52. The predicted molar refractivity (Wildman–Crippen MR) is 80.7 cm³/mol. The lowest BCUT2D eigenvalue weighted by molar-refractivity contribution is 0.117. The summed E-state index contributed by atoms with van der Waals surface area (Å²) >= 11 is 6.27. The van der Waals surface area contributed by atoms with Crippen LogP contribution in [0.25, 0.3) is 0 Å². The van der Waals surface area contributed by atoms with Gasteiger partial charge < -0.3 is 10.1 Å². The molecular formula is C16H23ClFNO. The largest absolute Gasteiger partial charge is 0.378 e. The third kappa shape index (κ3) is 3.51. The predicted octanol–water partition coefficient (Wildman–Crippen LogP) is 4.25. The maximum atomic E-state index is 13.6. The molecule has 112 valence electrons. The van der Waals surface area contributed by atoms with Crippen LogP contribution in [0.2, 0.25) is 5.02 Å². The van der Waals surface area contributed by atoms with Gasteiger partial charge in [0.05, 0.1) is 12.7 Å². The summed E-state index contributed by atoms with van der Waals surface area (Å²) in [6.45, 7) is 7.65. The molecule has 1 fully saturated rings. The van der Waals surface area contributed by atoms with Crippen LogP contribution < -0.4 is 5.32 Å². The van der Waals surface area contributed by atoms with E-state index in [1.165, 1.54) is 6.07 Å². The minimum Gasteiger partial charge on any atom is -0.378 e. The van der Waals surface area contributed by atoms with Crippen LogP contribution in [0.3, 0.4) is 0 Å². The minimum atomic E-state index is -0.246. The molecule has 0 bridgehead atoms. The Labute approximate surface area is 125 Å². The second-order valence-electron chi connectivity index (χ2n) is 5.69. The summed E-state index contributed by atoms with van der Waals surface area (Å²) in [4.78, 5) is 0. The average molecular weight is 300 g/mol. The monoisotopic (exact) mass is 299 g/mol. The second kappa shape index (κ2) is 6.88. The van der Waals surface area contributed by atoms with Gasteiger partial charge in [-0.3, -0.25) is 0 Å². The van der Waals surface area contributed by atoms with Gasteiger partial charge in [-0.15, -0.1) is 0 Å². The molecule has 1 N–H and O–H groups in total. The van der Waals surface area contributed by atoms with E-state index in [9.17, 15) is 4.39 Å². The van der Waals surface area contributed by atoms with Crippen molar-refractivity contribution in [3.63, 3.8) is 0 Å². The first-order valence-corrected chi connectivity index (χ1v) is 7.71. The van der Waals surface area contributed by atoms with Crippen LogP contribution in [0.15, 0.2) is 12.1 Å². The van der Waals surface area contributed by atoms with Gasteiger partial charge in [-0.1, -0.05) is 24.6 Å². The molecular weight excluding hydrogens is 277 g/mol. The summed E-state index contributed by atoms with van der Waals surface area (Å²) in [6.07, 6.45) is 2.34. The van der Waals surface area contributed by atoms with Gasteiger partial charge in [-0.25, -0.2) is 4.39 Å². The highest BCUT2D eigenvalue weighted by atomic mass is 35.5. The van der Waals surface area contributed by atoms with Crippen molar-refractivity contribution in [3.8, 4) is 0 Å². The Hall–Kier alpha value is -0.640. The van der Waals surface area contributed by atoms with Crippen LogP contribution in [-0.2, 0) is 4.74 Å². The quantitative estimate of drug-likeness (QED) is 0.877. The summed E-state index contributed by atoms with van der Waals surface area (Å²) in [6, 6.07) is 3.42. The maximum Gasteiger partial charge on any atom is 0.127 e. The molecule has 2 nitrogen and oxygen atoms in total. The molecule has 1 aliphatic rings. The molecule has 3 unspecified atom stereocenters. The van der Waals surface area contributed by atoms with Gasteiger partial charge in [-0.05, 0) is 50.4 Å². The number of hydrogen-bond donors (Lipinski definition) is 1. The zero-order chi connectivity index (χ0) is 14.7. The molecule has 0 amide bonds. The van der Waals surface area contributed by atoms with Gasteiger partial charge in [0.1, 0.15) is 5.82 Å². The summed E-state index contributed by atoms with van der Waals surface area (Å²) < 4.78 is 19.3. The van der Waals surface area contributed by atoms with Gasteiger partial charge in [-0.2, -0.15) is 0 Å². The number of hydrogen-bond acceptors (Lipinski definition) is 2. The van der Waals surface area contributed by atoms with Gasteiger partial charge in [0.15, 0.2) is 0 Å². The van der Waals surface area contributed by atoms with Gasteiger partial charge in [0.25, 0.3) is 0 Å². The van der Waals surface area contributed by atoms with E-state index in [1.807, 2.05) is 6.07 Å². The van der Waals surface area contributed by atoms with Gasteiger partial charge >= 0.3 is 0 Å². The van der Waals surface area contributed by atoms with Crippen molar-refractivity contribution in [3.05, 3.63) is 34.1 Å². The standard InChI is InChI=1S/C16H23ClFNO/c1-4-5-19-16(12-7-11(3)20-9-12)13-6-10(2)15(18)8-14(13)17/h6,8,11-12,16,19H,4-5,7,9H2,1-3H3. The molecule has 0 aliphatic carbocycles. The Morgan fingerprint density at radius 3 is 2.85 bits per heavy atom. The van der Waals surface area contributed by atoms with Crippen molar-refractivity contribution in [1.29, 1.82) is 0 Å². The van der Waals surface area contributed by atoms with Crippen molar-refractivity contribution in [1.82, 2.24) is 5.32 Å². The smallest absolute Gasteiger partial charge is 0.127 e. The fourth-order valence-electron chi connectivity index (χ4n) is 2.83. The van der Waals surface area contributed by atoms with Gasteiger partial charge in [0, 0.05) is 17.0 Å². The van der Waals surface area contributed by atoms with E-state index < -0.39 is 0 Å². The lowest BCUT2D eigenvalue weighted by Crippen LogP contribution is -2.30. The van der Waals surface area contributed by atoms with E-state index in [4.69, 9.17) is 16.3 Å². The molecule has 1 aromatic carbocycles. The van der Waals surface area contributed by atoms with Crippen molar-refractivity contribution in [2.75, 3.05) is 13.2 Å². The lowest BCUT2D eigenvalue weighted by atomic mass is 9.90. The number of benzene rings is 1. The molecule has 2 rings (SSSR count). The molecule has 0 radical (unpaired) electrons. The molecule has 1 aliphatic heterocycles. The molecule has 20 heavy (non-hydrogen) atoms. The van der Waals surface area contributed by atoms with Gasteiger partial charge in [0.2, 0.25) is 0 Å². The SMILES string of the molecule is CCCNC(c1cc(C)c(F)cc1Cl)C1COC(C)C1. The zero-order valence-electron chi connectivity index (χ0n) is 12.4. The number of rotatable bonds is 5. The van der Waals surface area contributed by atoms with Crippen molar-refractivity contribution >= 4 is 11.6 Å². The highest BCUT2D eigenvalue weighted by Gasteiger charge is 2.31. The van der Waals surface area contributed by atoms with Crippen LogP contribution in [0.5, 0.6) is 0 Å². The summed E-state index contributed by atoms with van der Waals surface area (Å²) in [5.74, 6) is 0.142. The summed E-state index contributed by atoms with van der Waals surface area (Å²) in [5, 5.41) is 4.05. The van der Waals surface area contributed by atoms with Crippen molar-refractivity contribution in [2.45, 2.75) is 45.8 Å². The van der Waals surface area contributed by atoms with E-state index in [0.717, 1.165) is 31.6 Å². The fraction of sp³-hybridized carbons (Fsp3) is 0.625. The molecule has 1 aromatic rings. The number of nitrogens with one attached hydrogen (secondary N) is 1. The van der Waals surface area contributed by atoms with E-state index in [-0.39, 0.29) is 18.0 Å². The van der Waals surface area contributed by atoms with E-state index in [2.05, 4.69) is 19.2 Å². The third-order valence-corrected chi connectivity index (χ3v) is 4.26. The molecule has 4 heteroatoms. The highest BCUT2D eigenvalue weighted by molar-refractivity contribution is 6.31. The normalized spacial score (nSPS) is 24.1. The first kappa shape index (κ1) is 15.7. The van der Waals surface area contributed by atoms with Crippen molar-refractivity contribution < 1.29 is 9.13 Å². The Kier molecular flexibility index (Phi) is 5.42. The molecule has 0 aromatic heterocycles. The topological polar surface area (TPSA) is 21.3 Å². The van der Waals surface area contributed by atoms with Crippen molar-refractivity contribution in [2.24, 2.45) is 5.92 Å². The Bertz CT molecular complexity index is 466. The molecule has 1 saturated heterocycles. The Morgan fingerprint density at radius 1 is 1.50 bits per heavy atom. The zero-order valence-corrected chi connectivity index (χ0v) is 13.1. The highest BCUT2D eigenvalue weighted by Crippen LogP contribution is 2.36. The van der Waals surface area contributed by atoms with Crippen LogP contribution in [0.1, 0.15) is 43.9 Å². The Balaban J connectivity index is 2.28. The third-order valence-electron chi connectivity index (χ3n) is 3.93. The lowest BCUT2D eigenvalue weighted by Gasteiger charge is -2.26. The molecule has 0 saturated carbocycles. The van der Waals surface area contributed by atoms with Crippen LogP contribution >= 0.6 is 11.6 Å². The summed E-state index contributed by atoms with van der Waals surface area (Å²) in [7, 11) is 0. The van der Waals surface area contributed by atoms with E-state index >= 15 is 0 Å². The minimum absolute atomic E-state index is 0.131. The van der Waals surface area contributed by atoms with E-state index in [1.54, 1.807) is 6.92 Å². The fourth-order valence-corrected chi connectivity index (χ4v) is 3.10. The second-order valence-corrected chi connectivity index (χ2v) is 6.10. The number of ether oxygens (including phenoxy) is 1.